The highest BCUT2D eigenvalue weighted by Gasteiger charge is 2.06. The smallest absolute Gasteiger partial charge is 0.161 e. The van der Waals surface area contributed by atoms with Crippen LogP contribution in [0.4, 0.5) is 17.1 Å². The molecule has 3 nitrogen and oxygen atoms in total. The summed E-state index contributed by atoms with van der Waals surface area (Å²) < 4.78 is 0.964. The SMILES string of the molecule is CC(=O)c1cc(Nc2ccccc2Br)ccc1N. The topological polar surface area (TPSA) is 55.1 Å². The van der Waals surface area contributed by atoms with Crippen molar-refractivity contribution in [2.24, 2.45) is 0 Å². The Hall–Kier alpha value is -1.81. The van der Waals surface area contributed by atoms with Crippen LogP contribution in [0.5, 0.6) is 0 Å². The number of hydrogen-bond acceptors (Lipinski definition) is 3. The molecule has 2 aromatic rings. The van der Waals surface area contributed by atoms with Crippen LogP contribution in [0.15, 0.2) is 46.9 Å². The lowest BCUT2D eigenvalue weighted by Gasteiger charge is -2.10. The number of hydrogen-bond donors (Lipinski definition) is 2. The van der Waals surface area contributed by atoms with Crippen molar-refractivity contribution in [1.82, 2.24) is 0 Å². The molecular formula is C14H13BrN2O. The molecule has 0 saturated heterocycles. The highest BCUT2D eigenvalue weighted by atomic mass is 79.9. The molecule has 0 heterocycles. The predicted octanol–water partition coefficient (Wildman–Crippen LogP) is 3.98. The third kappa shape index (κ3) is 2.71. The molecule has 18 heavy (non-hydrogen) atoms. The molecule has 0 bridgehead atoms. The first-order valence-electron chi connectivity index (χ1n) is 5.50. The monoisotopic (exact) mass is 304 g/mol. The summed E-state index contributed by atoms with van der Waals surface area (Å²) in [6, 6.07) is 13.1. The zero-order chi connectivity index (χ0) is 13.1. The van der Waals surface area contributed by atoms with Crippen LogP contribution in [0.3, 0.4) is 0 Å². The summed E-state index contributed by atoms with van der Waals surface area (Å²) >= 11 is 3.46. The summed E-state index contributed by atoms with van der Waals surface area (Å²) in [6.07, 6.45) is 0. The number of halogens is 1. The molecule has 0 aromatic heterocycles. The second kappa shape index (κ2) is 5.23. The lowest BCUT2D eigenvalue weighted by molar-refractivity contribution is 0.101. The van der Waals surface area contributed by atoms with Crippen LogP contribution in [-0.4, -0.2) is 5.78 Å². The predicted molar refractivity (Wildman–Crippen MR) is 78.3 cm³/mol. The Morgan fingerprint density at radius 2 is 1.94 bits per heavy atom. The van der Waals surface area contributed by atoms with Crippen LogP contribution in [0.1, 0.15) is 17.3 Å². The molecule has 0 aliphatic rings. The molecule has 0 unspecified atom stereocenters. The number of carbonyl (C=O) groups is 1. The van der Waals surface area contributed by atoms with E-state index >= 15 is 0 Å². The Bertz CT molecular complexity index is 596. The minimum absolute atomic E-state index is 0.0386. The van der Waals surface area contributed by atoms with Gasteiger partial charge in [-0.15, -0.1) is 0 Å². The molecule has 0 spiro atoms. The van der Waals surface area contributed by atoms with Crippen molar-refractivity contribution in [3.63, 3.8) is 0 Å². The van der Waals surface area contributed by atoms with Crippen molar-refractivity contribution < 1.29 is 4.79 Å². The molecule has 0 amide bonds. The van der Waals surface area contributed by atoms with Gasteiger partial charge in [-0.25, -0.2) is 0 Å². The fourth-order valence-corrected chi connectivity index (χ4v) is 2.04. The maximum absolute atomic E-state index is 11.4. The van der Waals surface area contributed by atoms with Crippen molar-refractivity contribution in [2.75, 3.05) is 11.1 Å². The summed E-state index contributed by atoms with van der Waals surface area (Å²) in [5, 5.41) is 3.24. The first-order chi connectivity index (χ1) is 8.58. The van der Waals surface area contributed by atoms with Crippen LogP contribution in [0.2, 0.25) is 0 Å². The van der Waals surface area contributed by atoms with Gasteiger partial charge in [-0.1, -0.05) is 12.1 Å². The third-order valence-corrected chi connectivity index (χ3v) is 3.28. The van der Waals surface area contributed by atoms with E-state index < -0.39 is 0 Å². The van der Waals surface area contributed by atoms with Crippen molar-refractivity contribution in [1.29, 1.82) is 0 Å². The number of nitrogens with two attached hydrogens (primary N) is 1. The van der Waals surface area contributed by atoms with Gasteiger partial charge in [0.25, 0.3) is 0 Å². The number of Topliss-reactive ketones (excluding diaryl/α,β-unsaturated/α-hetero) is 1. The highest BCUT2D eigenvalue weighted by Crippen LogP contribution is 2.27. The van der Waals surface area contributed by atoms with E-state index in [0.717, 1.165) is 15.8 Å². The number of para-hydroxylation sites is 1. The number of nitrogen functional groups attached to an aromatic ring is 1. The Morgan fingerprint density at radius 1 is 1.22 bits per heavy atom. The summed E-state index contributed by atoms with van der Waals surface area (Å²) in [6.45, 7) is 1.51. The van der Waals surface area contributed by atoms with Gasteiger partial charge in [-0.2, -0.15) is 0 Å². The molecule has 0 radical (unpaired) electrons. The van der Waals surface area contributed by atoms with Gasteiger partial charge in [0.15, 0.2) is 5.78 Å². The number of anilines is 3. The molecule has 3 N–H and O–H groups in total. The molecule has 2 aromatic carbocycles. The zero-order valence-electron chi connectivity index (χ0n) is 9.91. The largest absolute Gasteiger partial charge is 0.398 e. The van der Waals surface area contributed by atoms with Gasteiger partial charge in [0.1, 0.15) is 0 Å². The van der Waals surface area contributed by atoms with Crippen LogP contribution < -0.4 is 11.1 Å². The van der Waals surface area contributed by atoms with Gasteiger partial charge in [0.2, 0.25) is 0 Å². The first-order valence-corrected chi connectivity index (χ1v) is 6.29. The lowest BCUT2D eigenvalue weighted by atomic mass is 10.1. The number of carbonyl (C=O) groups excluding carboxylic acids is 1. The van der Waals surface area contributed by atoms with Crippen molar-refractivity contribution >= 4 is 38.8 Å². The van der Waals surface area contributed by atoms with Crippen LogP contribution in [0, 0.1) is 0 Å². The zero-order valence-corrected chi connectivity index (χ0v) is 11.5. The minimum atomic E-state index is -0.0386. The second-order valence-electron chi connectivity index (χ2n) is 3.96. The van der Waals surface area contributed by atoms with Crippen molar-refractivity contribution in [3.8, 4) is 0 Å². The van der Waals surface area contributed by atoms with E-state index in [0.29, 0.717) is 11.3 Å². The Balaban J connectivity index is 2.33. The number of ketones is 1. The lowest BCUT2D eigenvalue weighted by Crippen LogP contribution is -2.01. The maximum atomic E-state index is 11.4. The van der Waals surface area contributed by atoms with Gasteiger partial charge < -0.3 is 11.1 Å². The second-order valence-corrected chi connectivity index (χ2v) is 4.82. The Labute approximate surface area is 114 Å². The molecule has 0 aliphatic heterocycles. The molecule has 0 atom stereocenters. The molecule has 4 heteroatoms. The van der Waals surface area contributed by atoms with Crippen molar-refractivity contribution in [2.45, 2.75) is 6.92 Å². The maximum Gasteiger partial charge on any atom is 0.161 e. The third-order valence-electron chi connectivity index (χ3n) is 2.59. The number of rotatable bonds is 3. The van der Waals surface area contributed by atoms with Gasteiger partial charge in [-0.05, 0) is 53.2 Å². The quantitative estimate of drug-likeness (QED) is 0.666. The molecule has 2 rings (SSSR count). The van der Waals surface area contributed by atoms with Crippen LogP contribution in [0.25, 0.3) is 0 Å². The van der Waals surface area contributed by atoms with Gasteiger partial charge in [-0.3, -0.25) is 4.79 Å². The van der Waals surface area contributed by atoms with Gasteiger partial charge >= 0.3 is 0 Å². The van der Waals surface area contributed by atoms with Crippen LogP contribution >= 0.6 is 15.9 Å². The fraction of sp³-hybridized carbons (Fsp3) is 0.0714. The summed E-state index contributed by atoms with van der Waals surface area (Å²) in [5.41, 5.74) is 8.57. The Morgan fingerprint density at radius 3 is 2.61 bits per heavy atom. The number of benzene rings is 2. The highest BCUT2D eigenvalue weighted by molar-refractivity contribution is 9.10. The van der Waals surface area contributed by atoms with Crippen LogP contribution in [-0.2, 0) is 0 Å². The molecule has 0 saturated carbocycles. The van der Waals surface area contributed by atoms with Crippen molar-refractivity contribution in [3.05, 3.63) is 52.5 Å². The Kier molecular flexibility index (Phi) is 3.67. The first kappa shape index (κ1) is 12.6. The minimum Gasteiger partial charge on any atom is -0.398 e. The fourth-order valence-electron chi connectivity index (χ4n) is 1.66. The van der Waals surface area contributed by atoms with E-state index in [1.165, 1.54) is 6.92 Å². The van der Waals surface area contributed by atoms with E-state index in [9.17, 15) is 4.79 Å². The normalized spacial score (nSPS) is 10.1. The molecular weight excluding hydrogens is 292 g/mol. The van der Waals surface area contributed by atoms with E-state index in [2.05, 4.69) is 21.2 Å². The van der Waals surface area contributed by atoms with Gasteiger partial charge in [0.05, 0.1) is 5.69 Å². The van der Waals surface area contributed by atoms with E-state index in [-0.39, 0.29) is 5.78 Å². The van der Waals surface area contributed by atoms with E-state index in [1.807, 2.05) is 30.3 Å². The van der Waals surface area contributed by atoms with Gasteiger partial charge in [0, 0.05) is 21.4 Å². The molecule has 0 aliphatic carbocycles. The average Bonchev–Trinajstić information content (AvgIpc) is 2.34. The van der Waals surface area contributed by atoms with E-state index in [4.69, 9.17) is 5.73 Å². The summed E-state index contributed by atoms with van der Waals surface area (Å²) in [4.78, 5) is 11.4. The molecule has 0 fully saturated rings. The summed E-state index contributed by atoms with van der Waals surface area (Å²) in [5.74, 6) is -0.0386. The van der Waals surface area contributed by atoms with E-state index in [1.54, 1.807) is 12.1 Å². The number of nitrogens with one attached hydrogen (secondary N) is 1. The summed E-state index contributed by atoms with van der Waals surface area (Å²) in [7, 11) is 0. The standard InChI is InChI=1S/C14H13BrN2O/c1-9(18)11-8-10(6-7-13(11)16)17-14-5-3-2-4-12(14)15/h2-8,17H,16H2,1H3. The average molecular weight is 305 g/mol. The molecule has 92 valence electrons.